The van der Waals surface area contributed by atoms with Gasteiger partial charge in [-0.2, -0.15) is 0 Å². The van der Waals surface area contributed by atoms with Crippen LogP contribution in [-0.4, -0.2) is 49.6 Å². The van der Waals surface area contributed by atoms with E-state index in [2.05, 4.69) is 15.9 Å². The summed E-state index contributed by atoms with van der Waals surface area (Å²) in [6, 6.07) is 11.1. The van der Waals surface area contributed by atoms with Crippen molar-refractivity contribution in [1.29, 1.82) is 0 Å². The Kier molecular flexibility index (Phi) is 6.93. The summed E-state index contributed by atoms with van der Waals surface area (Å²) in [4.78, 5) is 21.8. The summed E-state index contributed by atoms with van der Waals surface area (Å²) in [6.45, 7) is 3.70. The maximum Gasteiger partial charge on any atom is 0.261 e. The topological polar surface area (TPSA) is 45.7 Å². The molecule has 0 aliphatic carbocycles. The highest BCUT2D eigenvalue weighted by atomic mass is 79.9. The molecule has 0 fully saturated rings. The molecule has 148 valence electrons. The Balaban J connectivity index is 2.04. The van der Waals surface area contributed by atoms with E-state index in [1.165, 1.54) is 11.3 Å². The Morgan fingerprint density at radius 3 is 2.75 bits per heavy atom. The van der Waals surface area contributed by atoms with Crippen molar-refractivity contribution in [3.05, 3.63) is 51.5 Å². The molecule has 0 aliphatic heterocycles. The Morgan fingerprint density at radius 2 is 2.04 bits per heavy atom. The third-order valence-corrected chi connectivity index (χ3v) is 5.94. The Labute approximate surface area is 182 Å². The second-order valence-corrected chi connectivity index (χ2v) is 8.75. The fraction of sp³-hybridized carbons (Fsp3) is 0.300. The highest BCUT2D eigenvalue weighted by Gasteiger charge is 2.24. The van der Waals surface area contributed by atoms with E-state index >= 15 is 0 Å². The molecule has 1 heterocycles. The lowest BCUT2D eigenvalue weighted by Crippen LogP contribution is -2.36. The third-order valence-electron chi connectivity index (χ3n) is 4.08. The molecule has 0 saturated heterocycles. The van der Waals surface area contributed by atoms with Crippen molar-refractivity contribution in [3.63, 3.8) is 0 Å². The number of carbonyl (C=O) groups excluding carboxylic acids is 1. The number of benzene rings is 2. The summed E-state index contributed by atoms with van der Waals surface area (Å²) in [5.41, 5.74) is 1.21. The molecule has 28 heavy (non-hydrogen) atoms. The molecule has 3 aromatic rings. The molecule has 5 nitrogen and oxygen atoms in total. The zero-order valence-corrected chi connectivity index (χ0v) is 19.1. The Morgan fingerprint density at radius 1 is 1.25 bits per heavy atom. The van der Waals surface area contributed by atoms with E-state index in [9.17, 15) is 4.79 Å². The van der Waals surface area contributed by atoms with Crippen molar-refractivity contribution in [1.82, 2.24) is 9.88 Å². The molecule has 0 unspecified atom stereocenters. The largest absolute Gasteiger partial charge is 0.492 e. The predicted molar refractivity (Wildman–Crippen MR) is 120 cm³/mol. The summed E-state index contributed by atoms with van der Waals surface area (Å²) < 4.78 is 7.47. The summed E-state index contributed by atoms with van der Waals surface area (Å²) in [6.07, 6.45) is 0. The van der Waals surface area contributed by atoms with Crippen LogP contribution in [0.15, 0.2) is 40.9 Å². The maximum atomic E-state index is 13.4. The van der Waals surface area contributed by atoms with E-state index in [1.807, 2.05) is 50.2 Å². The van der Waals surface area contributed by atoms with Crippen LogP contribution < -0.4 is 9.64 Å². The van der Waals surface area contributed by atoms with E-state index < -0.39 is 0 Å². The molecular weight excluding hydrogens is 462 g/mol. The van der Waals surface area contributed by atoms with Crippen LogP contribution in [0.4, 0.5) is 5.13 Å². The monoisotopic (exact) mass is 481 g/mol. The number of hydrogen-bond donors (Lipinski definition) is 0. The van der Waals surface area contributed by atoms with Gasteiger partial charge in [-0.1, -0.05) is 44.9 Å². The molecule has 0 radical (unpaired) electrons. The number of amides is 1. The molecule has 1 amide bonds. The third kappa shape index (κ3) is 4.66. The van der Waals surface area contributed by atoms with Crippen molar-refractivity contribution in [2.75, 3.05) is 38.7 Å². The number of aromatic nitrogens is 1. The number of hydrogen-bond acceptors (Lipinski definition) is 5. The summed E-state index contributed by atoms with van der Waals surface area (Å²) in [5.74, 6) is 0.549. The van der Waals surface area contributed by atoms with E-state index in [1.54, 1.807) is 17.0 Å². The van der Waals surface area contributed by atoms with Crippen LogP contribution in [0.2, 0.25) is 5.02 Å². The van der Waals surface area contributed by atoms with Crippen LogP contribution in [0.5, 0.6) is 5.75 Å². The van der Waals surface area contributed by atoms with Gasteiger partial charge in [0, 0.05) is 17.6 Å². The molecule has 0 N–H and O–H groups in total. The van der Waals surface area contributed by atoms with Crippen LogP contribution in [0.25, 0.3) is 10.2 Å². The molecule has 3 rings (SSSR count). The second kappa shape index (κ2) is 9.22. The molecule has 0 spiro atoms. The number of ether oxygens (including phenoxy) is 1. The van der Waals surface area contributed by atoms with Gasteiger partial charge in [0.1, 0.15) is 11.3 Å². The zero-order valence-electron chi connectivity index (χ0n) is 15.9. The maximum absolute atomic E-state index is 13.4. The minimum Gasteiger partial charge on any atom is -0.492 e. The number of fused-ring (bicyclic) bond motifs is 1. The molecule has 0 aliphatic rings. The number of halogens is 2. The molecule has 0 atom stereocenters. The number of thiazole rings is 1. The van der Waals surface area contributed by atoms with Crippen LogP contribution in [0.1, 0.15) is 17.3 Å². The van der Waals surface area contributed by atoms with Crippen LogP contribution >= 0.6 is 38.9 Å². The van der Waals surface area contributed by atoms with Gasteiger partial charge in [0.05, 0.1) is 21.9 Å². The predicted octanol–water partition coefficient (Wildman–Crippen LogP) is 5.32. The fourth-order valence-electron chi connectivity index (χ4n) is 2.69. The van der Waals surface area contributed by atoms with Gasteiger partial charge in [0.25, 0.3) is 5.91 Å². The van der Waals surface area contributed by atoms with Crippen molar-refractivity contribution in [2.24, 2.45) is 0 Å². The number of rotatable bonds is 7. The van der Waals surface area contributed by atoms with Crippen LogP contribution in [0, 0.1) is 0 Å². The SMILES string of the molecule is CCOc1cccc2sc(N(CCN(C)C)C(=O)c3cc(Br)ccc3Cl)nc12. The van der Waals surface area contributed by atoms with Gasteiger partial charge in [-0.05, 0) is 51.4 Å². The molecule has 1 aromatic heterocycles. The van der Waals surface area contributed by atoms with Crippen molar-refractivity contribution < 1.29 is 9.53 Å². The highest BCUT2D eigenvalue weighted by Crippen LogP contribution is 2.35. The summed E-state index contributed by atoms with van der Waals surface area (Å²) in [7, 11) is 3.95. The zero-order chi connectivity index (χ0) is 20.3. The molecule has 0 saturated carbocycles. The van der Waals surface area contributed by atoms with Gasteiger partial charge in [-0.25, -0.2) is 4.98 Å². The summed E-state index contributed by atoms with van der Waals surface area (Å²) in [5, 5.41) is 1.05. The molecule has 2 aromatic carbocycles. The van der Waals surface area contributed by atoms with E-state index in [0.717, 1.165) is 20.4 Å². The van der Waals surface area contributed by atoms with Crippen molar-refractivity contribution in [2.45, 2.75) is 6.92 Å². The quantitative estimate of drug-likeness (QED) is 0.457. The first kappa shape index (κ1) is 21.0. The van der Waals surface area contributed by atoms with Gasteiger partial charge >= 0.3 is 0 Å². The lowest BCUT2D eigenvalue weighted by atomic mass is 10.2. The standard InChI is InChI=1S/C20H21BrClN3O2S/c1-4-27-16-6-5-7-17-18(16)23-20(28-17)25(11-10-24(2)3)19(26)14-12-13(21)8-9-15(14)22/h5-9,12H,4,10-11H2,1-3H3. The number of anilines is 1. The number of likely N-dealkylation sites (N-methyl/N-ethyl adjacent to an activating group) is 1. The smallest absolute Gasteiger partial charge is 0.261 e. The number of nitrogens with zero attached hydrogens (tertiary/aromatic N) is 3. The molecular formula is C20H21BrClN3O2S. The van der Waals surface area contributed by atoms with Crippen LogP contribution in [-0.2, 0) is 0 Å². The normalized spacial score (nSPS) is 11.2. The Bertz CT molecular complexity index is 993. The average Bonchev–Trinajstić information content (AvgIpc) is 3.08. The minimum atomic E-state index is -0.176. The Hall–Kier alpha value is -1.67. The first-order valence-corrected chi connectivity index (χ1v) is 10.8. The second-order valence-electron chi connectivity index (χ2n) is 6.42. The van der Waals surface area contributed by atoms with E-state index in [0.29, 0.717) is 35.4 Å². The average molecular weight is 483 g/mol. The number of carbonyl (C=O) groups is 1. The molecule has 8 heteroatoms. The first-order chi connectivity index (χ1) is 13.4. The van der Waals surface area contributed by atoms with Crippen LogP contribution in [0.3, 0.4) is 0 Å². The van der Waals surface area contributed by atoms with Gasteiger partial charge in [-0.3, -0.25) is 9.69 Å². The number of para-hydroxylation sites is 1. The van der Waals surface area contributed by atoms with Crippen molar-refractivity contribution >= 4 is 60.1 Å². The molecule has 0 bridgehead atoms. The first-order valence-electron chi connectivity index (χ1n) is 8.84. The fourth-order valence-corrected chi connectivity index (χ4v) is 4.26. The lowest BCUT2D eigenvalue weighted by Gasteiger charge is -2.22. The van der Waals surface area contributed by atoms with E-state index in [4.69, 9.17) is 21.3 Å². The van der Waals surface area contributed by atoms with Gasteiger partial charge in [-0.15, -0.1) is 0 Å². The van der Waals surface area contributed by atoms with Gasteiger partial charge in [0.15, 0.2) is 5.13 Å². The van der Waals surface area contributed by atoms with Crippen molar-refractivity contribution in [3.8, 4) is 5.75 Å². The summed E-state index contributed by atoms with van der Waals surface area (Å²) >= 11 is 11.2. The highest BCUT2D eigenvalue weighted by molar-refractivity contribution is 9.10. The van der Waals surface area contributed by atoms with Gasteiger partial charge < -0.3 is 9.64 Å². The minimum absolute atomic E-state index is 0.176. The van der Waals surface area contributed by atoms with E-state index in [-0.39, 0.29) is 5.91 Å². The lowest BCUT2D eigenvalue weighted by molar-refractivity contribution is 0.0985. The van der Waals surface area contributed by atoms with Gasteiger partial charge in [0.2, 0.25) is 0 Å².